The van der Waals surface area contributed by atoms with Crippen molar-refractivity contribution in [1.29, 1.82) is 5.41 Å². The highest BCUT2D eigenvalue weighted by Crippen LogP contribution is 2.37. The van der Waals surface area contributed by atoms with Crippen LogP contribution in [0.3, 0.4) is 0 Å². The lowest BCUT2D eigenvalue weighted by molar-refractivity contribution is -0.139. The number of nitrogens with two attached hydrogens (primary N) is 1. The first-order chi connectivity index (χ1) is 12.3. The van der Waals surface area contributed by atoms with E-state index in [1.54, 1.807) is 12.1 Å². The summed E-state index contributed by atoms with van der Waals surface area (Å²) in [5.74, 6) is -2.19. The molecule has 5 N–H and O–H groups in total. The highest BCUT2D eigenvalue weighted by Gasteiger charge is 2.30. The molecule has 0 saturated heterocycles. The van der Waals surface area contributed by atoms with E-state index in [4.69, 9.17) is 27.2 Å². The number of halogens is 2. The summed E-state index contributed by atoms with van der Waals surface area (Å²) in [5.41, 5.74) is 6.00. The van der Waals surface area contributed by atoms with Gasteiger partial charge in [0.1, 0.15) is 11.5 Å². The van der Waals surface area contributed by atoms with E-state index in [2.05, 4.69) is 10.3 Å². The number of nitrogens with one attached hydrogen (secondary N) is 2. The molecule has 2 aromatic heterocycles. The molecule has 3 aromatic rings. The van der Waals surface area contributed by atoms with E-state index in [0.29, 0.717) is 14.8 Å². The summed E-state index contributed by atoms with van der Waals surface area (Å²) < 4.78 is 19.3. The third-order valence-corrected chi connectivity index (χ3v) is 4.60. The number of thiophene rings is 1. The molecule has 0 saturated carbocycles. The molecular formula is C16H12ClFN4O3S. The zero-order valence-electron chi connectivity index (χ0n) is 13.0. The van der Waals surface area contributed by atoms with Crippen LogP contribution in [0.2, 0.25) is 4.34 Å². The summed E-state index contributed by atoms with van der Waals surface area (Å²) in [7, 11) is 0. The van der Waals surface area contributed by atoms with E-state index >= 15 is 0 Å². The maximum atomic E-state index is 13.1. The Hall–Kier alpha value is -2.91. The molecule has 0 fully saturated rings. The Balaban J connectivity index is 2.15. The van der Waals surface area contributed by atoms with Gasteiger partial charge in [0.05, 0.1) is 9.21 Å². The van der Waals surface area contributed by atoms with Crippen LogP contribution in [0.15, 0.2) is 40.8 Å². The van der Waals surface area contributed by atoms with Crippen molar-refractivity contribution in [3.8, 4) is 22.0 Å². The van der Waals surface area contributed by atoms with Crippen LogP contribution in [-0.4, -0.2) is 22.0 Å². The standard InChI is InChI=1S/C16H12ClFN4O3S/c17-10-6-5-9(26-10)11-13(12(15(23)24)22-16(19)20)25-14(21-11)7-1-3-8(18)4-2-7/h1-6,12H,(H,23,24)(H4,19,20,22). The van der Waals surface area contributed by atoms with E-state index < -0.39 is 23.8 Å². The Kier molecular flexibility index (Phi) is 4.92. The number of benzene rings is 1. The molecule has 3 rings (SSSR count). The lowest BCUT2D eigenvalue weighted by Gasteiger charge is -2.12. The number of guanidine groups is 1. The van der Waals surface area contributed by atoms with E-state index in [9.17, 15) is 14.3 Å². The second-order valence-electron chi connectivity index (χ2n) is 5.17. The predicted octanol–water partition coefficient (Wildman–Crippen LogP) is 3.47. The van der Waals surface area contributed by atoms with Crippen molar-refractivity contribution in [2.24, 2.45) is 5.73 Å². The van der Waals surface area contributed by atoms with Crippen molar-refractivity contribution in [1.82, 2.24) is 10.3 Å². The highest BCUT2D eigenvalue weighted by atomic mass is 35.5. The fraction of sp³-hybridized carbons (Fsp3) is 0.0625. The van der Waals surface area contributed by atoms with Crippen molar-refractivity contribution >= 4 is 34.9 Å². The van der Waals surface area contributed by atoms with Crippen molar-refractivity contribution in [3.05, 3.63) is 52.3 Å². The minimum absolute atomic E-state index is 0.0365. The van der Waals surface area contributed by atoms with Gasteiger partial charge in [0.15, 0.2) is 17.8 Å². The van der Waals surface area contributed by atoms with Crippen LogP contribution < -0.4 is 11.1 Å². The molecule has 0 radical (unpaired) electrons. The van der Waals surface area contributed by atoms with Gasteiger partial charge in [0.2, 0.25) is 5.89 Å². The van der Waals surface area contributed by atoms with Gasteiger partial charge in [-0.2, -0.15) is 0 Å². The maximum Gasteiger partial charge on any atom is 0.334 e. The third-order valence-electron chi connectivity index (χ3n) is 3.36. The second kappa shape index (κ2) is 7.14. The van der Waals surface area contributed by atoms with Crippen LogP contribution >= 0.6 is 22.9 Å². The monoisotopic (exact) mass is 394 g/mol. The maximum absolute atomic E-state index is 13.1. The molecule has 0 aliphatic heterocycles. The Morgan fingerprint density at radius 2 is 2.04 bits per heavy atom. The molecular weight excluding hydrogens is 383 g/mol. The average molecular weight is 395 g/mol. The Morgan fingerprint density at radius 3 is 2.58 bits per heavy atom. The summed E-state index contributed by atoms with van der Waals surface area (Å²) in [5, 5.41) is 19.1. The van der Waals surface area contributed by atoms with E-state index in [-0.39, 0.29) is 17.3 Å². The van der Waals surface area contributed by atoms with Crippen molar-refractivity contribution in [3.63, 3.8) is 0 Å². The normalized spacial score (nSPS) is 11.9. The molecule has 1 atom stereocenters. The van der Waals surface area contributed by atoms with Crippen LogP contribution in [0, 0.1) is 11.2 Å². The van der Waals surface area contributed by atoms with Gasteiger partial charge >= 0.3 is 5.97 Å². The van der Waals surface area contributed by atoms with E-state index in [0.717, 1.165) is 0 Å². The number of carboxylic acids is 1. The lowest BCUT2D eigenvalue weighted by atomic mass is 10.1. The van der Waals surface area contributed by atoms with Crippen molar-refractivity contribution in [2.45, 2.75) is 6.04 Å². The summed E-state index contributed by atoms with van der Waals surface area (Å²) >= 11 is 7.15. The molecule has 1 aromatic carbocycles. The fourth-order valence-corrected chi connectivity index (χ4v) is 3.29. The third kappa shape index (κ3) is 3.68. The van der Waals surface area contributed by atoms with Gasteiger partial charge in [-0.05, 0) is 36.4 Å². The number of aliphatic carboxylic acids is 1. The quantitative estimate of drug-likeness (QED) is 0.388. The Labute approximate surface area is 155 Å². The number of carbonyl (C=O) groups is 1. The number of hydrogen-bond donors (Lipinski definition) is 4. The summed E-state index contributed by atoms with van der Waals surface area (Å²) in [6, 6.07) is 7.30. The fourth-order valence-electron chi connectivity index (χ4n) is 2.26. The second-order valence-corrected chi connectivity index (χ2v) is 6.89. The predicted molar refractivity (Wildman–Crippen MR) is 95.6 cm³/mol. The number of aromatic nitrogens is 1. The molecule has 0 aliphatic carbocycles. The molecule has 2 heterocycles. The number of rotatable bonds is 5. The first-order valence-corrected chi connectivity index (χ1v) is 8.40. The van der Waals surface area contributed by atoms with Gasteiger partial charge in [0, 0.05) is 5.56 Å². The van der Waals surface area contributed by atoms with Crippen LogP contribution in [0.5, 0.6) is 0 Å². The molecule has 0 amide bonds. The molecule has 134 valence electrons. The van der Waals surface area contributed by atoms with Crippen molar-refractivity contribution < 1.29 is 18.7 Å². The molecule has 0 bridgehead atoms. The Morgan fingerprint density at radius 1 is 1.35 bits per heavy atom. The largest absolute Gasteiger partial charge is 0.479 e. The van der Waals surface area contributed by atoms with Crippen LogP contribution in [0.1, 0.15) is 11.8 Å². The number of oxazole rings is 1. The molecule has 1 unspecified atom stereocenters. The van der Waals surface area contributed by atoms with Crippen LogP contribution in [0.4, 0.5) is 4.39 Å². The molecule has 26 heavy (non-hydrogen) atoms. The van der Waals surface area contributed by atoms with Gasteiger partial charge in [-0.3, -0.25) is 5.41 Å². The Bertz CT molecular complexity index is 970. The van der Waals surface area contributed by atoms with Gasteiger partial charge in [-0.25, -0.2) is 14.2 Å². The lowest BCUT2D eigenvalue weighted by Crippen LogP contribution is -2.37. The minimum Gasteiger partial charge on any atom is -0.479 e. The smallest absolute Gasteiger partial charge is 0.334 e. The first kappa shape index (κ1) is 17.9. The molecule has 7 nitrogen and oxygen atoms in total. The minimum atomic E-state index is -1.43. The number of nitrogens with zero attached hydrogens (tertiary/aromatic N) is 1. The number of hydrogen-bond acceptors (Lipinski definition) is 5. The van der Waals surface area contributed by atoms with Gasteiger partial charge in [-0.15, -0.1) is 11.3 Å². The van der Waals surface area contributed by atoms with Crippen molar-refractivity contribution in [2.75, 3.05) is 0 Å². The zero-order chi connectivity index (χ0) is 18.8. The number of carboxylic acid groups (broad SMARTS) is 1. The molecule has 10 heteroatoms. The molecule has 0 spiro atoms. The summed E-state index contributed by atoms with van der Waals surface area (Å²) in [4.78, 5) is 16.6. The summed E-state index contributed by atoms with van der Waals surface area (Å²) in [6.45, 7) is 0. The highest BCUT2D eigenvalue weighted by molar-refractivity contribution is 7.19. The van der Waals surface area contributed by atoms with Gasteiger partial charge in [0.25, 0.3) is 0 Å². The topological polar surface area (TPSA) is 125 Å². The average Bonchev–Trinajstić information content (AvgIpc) is 3.19. The summed E-state index contributed by atoms with van der Waals surface area (Å²) in [6.07, 6.45) is 0. The van der Waals surface area contributed by atoms with E-state index in [1.165, 1.54) is 35.6 Å². The zero-order valence-corrected chi connectivity index (χ0v) is 14.6. The van der Waals surface area contributed by atoms with Crippen LogP contribution in [-0.2, 0) is 4.79 Å². The SMILES string of the molecule is N=C(N)NC(C(=O)O)c1oc(-c2ccc(F)cc2)nc1-c1ccc(Cl)s1. The van der Waals surface area contributed by atoms with E-state index in [1.807, 2.05) is 0 Å². The van der Waals surface area contributed by atoms with Crippen LogP contribution in [0.25, 0.3) is 22.0 Å². The molecule has 0 aliphatic rings. The van der Waals surface area contributed by atoms with Gasteiger partial charge in [-0.1, -0.05) is 11.6 Å². The first-order valence-electron chi connectivity index (χ1n) is 7.21. The van der Waals surface area contributed by atoms with Gasteiger partial charge < -0.3 is 20.6 Å².